The summed E-state index contributed by atoms with van der Waals surface area (Å²) in [5.74, 6) is 0. The maximum Gasteiger partial charge on any atom is 0.522 e. The molecule has 0 aliphatic rings. The molecular weight excluding hydrogens is 480 g/mol. The Labute approximate surface area is 201 Å². The molecule has 1 N–H and O–H groups in total. The lowest BCUT2D eigenvalue weighted by Gasteiger charge is -2.19. The topological polar surface area (TPSA) is 54.4 Å². The predicted octanol–water partition coefficient (Wildman–Crippen LogP) is 6.35. The Hall–Kier alpha value is -2.21. The van der Waals surface area contributed by atoms with Crippen molar-refractivity contribution < 1.29 is 26.1 Å². The van der Waals surface area contributed by atoms with Gasteiger partial charge in [-0.1, -0.05) is 118 Å². The lowest BCUT2D eigenvalue weighted by molar-refractivity contribution is -0.0510. The number of hydrogen-bond donors (Lipinski definition) is 1. The molecule has 0 aliphatic heterocycles. The van der Waals surface area contributed by atoms with E-state index >= 15 is 0 Å². The van der Waals surface area contributed by atoms with Crippen molar-refractivity contribution in [1.82, 2.24) is 0 Å². The van der Waals surface area contributed by atoms with Crippen molar-refractivity contribution in [2.75, 3.05) is 0 Å². The molecule has 0 spiro atoms. The van der Waals surface area contributed by atoms with Crippen LogP contribution in [0.15, 0.2) is 84.9 Å². The highest BCUT2D eigenvalue weighted by Gasteiger charge is 2.44. The van der Waals surface area contributed by atoms with Crippen LogP contribution < -0.4 is 15.9 Å². The van der Waals surface area contributed by atoms with Crippen molar-refractivity contribution in [2.24, 2.45) is 0 Å². The zero-order chi connectivity index (χ0) is 25.0. The minimum absolute atomic E-state index is 0.479. The summed E-state index contributed by atoms with van der Waals surface area (Å²) in [6, 6.07) is 31.3. The van der Waals surface area contributed by atoms with E-state index in [1.165, 1.54) is 60.0 Å². The molecule has 0 aromatic heterocycles. The van der Waals surface area contributed by atoms with Gasteiger partial charge in [0.25, 0.3) is 0 Å². The zero-order valence-electron chi connectivity index (χ0n) is 19.1. The minimum atomic E-state index is -5.84. The van der Waals surface area contributed by atoms with Crippen LogP contribution in [0.3, 0.4) is 0 Å². The summed E-state index contributed by atoms with van der Waals surface area (Å²) in [4.78, 5) is 0. The number of alkyl halides is 3. The average Bonchev–Trinajstić information content (AvgIpc) is 2.81. The Balaban J connectivity index is 0.000000440. The maximum absolute atomic E-state index is 10.7. The molecule has 3 nitrogen and oxygen atoms in total. The zero-order valence-corrected chi connectivity index (χ0v) is 20.8. The van der Waals surface area contributed by atoms with Gasteiger partial charge in [0.2, 0.25) is 0 Å². The van der Waals surface area contributed by atoms with Crippen molar-refractivity contribution in [3.8, 4) is 0 Å². The fraction of sp³-hybridized carbons (Fsp3) is 0.308. The smallest absolute Gasteiger partial charge is 0.279 e. The summed E-state index contributed by atoms with van der Waals surface area (Å²) >= 11 is 0. The first-order valence-electron chi connectivity index (χ1n) is 11.2. The fourth-order valence-corrected chi connectivity index (χ4v) is 5.63. The summed E-state index contributed by atoms with van der Waals surface area (Å²) in [5, 5.41) is 4.27. The highest BCUT2D eigenvalue weighted by Crippen LogP contribution is 2.32. The Kier molecular flexibility index (Phi) is 11.2. The SMILES string of the molecule is CCCCCCCc1ccc(P(c2ccccc2)c2ccccc2)cc1.O=S(=O)(O)C(F)(F)F. The first-order chi connectivity index (χ1) is 16.1. The van der Waals surface area contributed by atoms with E-state index < -0.39 is 23.5 Å². The summed E-state index contributed by atoms with van der Waals surface area (Å²) < 4.78 is 57.5. The van der Waals surface area contributed by atoms with Crippen LogP contribution in [-0.2, 0) is 16.5 Å². The van der Waals surface area contributed by atoms with Crippen molar-refractivity contribution in [3.05, 3.63) is 90.5 Å². The molecule has 184 valence electrons. The first-order valence-corrected chi connectivity index (χ1v) is 13.9. The lowest BCUT2D eigenvalue weighted by Crippen LogP contribution is -2.21. The molecule has 0 bridgehead atoms. The van der Waals surface area contributed by atoms with Gasteiger partial charge in [-0.15, -0.1) is 0 Å². The second-order valence-electron chi connectivity index (χ2n) is 7.76. The average molecular weight is 511 g/mol. The molecule has 34 heavy (non-hydrogen) atoms. The molecule has 3 aromatic rings. The van der Waals surface area contributed by atoms with Gasteiger partial charge in [0.1, 0.15) is 0 Å². The van der Waals surface area contributed by atoms with Gasteiger partial charge in [0.05, 0.1) is 0 Å². The molecule has 3 aromatic carbocycles. The molecule has 8 heteroatoms. The quantitative estimate of drug-likeness (QED) is 0.158. The Morgan fingerprint density at radius 2 is 1.12 bits per heavy atom. The van der Waals surface area contributed by atoms with Crippen molar-refractivity contribution in [3.63, 3.8) is 0 Å². The summed E-state index contributed by atoms with van der Waals surface area (Å²) in [6.07, 6.45) is 7.94. The number of rotatable bonds is 9. The van der Waals surface area contributed by atoms with Crippen LogP contribution in [0.5, 0.6) is 0 Å². The van der Waals surface area contributed by atoms with Gasteiger partial charge in [-0.2, -0.15) is 21.6 Å². The van der Waals surface area contributed by atoms with Crippen molar-refractivity contribution >= 4 is 34.0 Å². The molecule has 0 atom stereocenters. The normalized spacial score (nSPS) is 11.7. The van der Waals surface area contributed by atoms with E-state index in [1.54, 1.807) is 0 Å². The molecule has 0 amide bonds. The number of unbranched alkanes of at least 4 members (excludes halogenated alkanes) is 4. The summed E-state index contributed by atoms with van der Waals surface area (Å²) in [5.41, 5.74) is -4.06. The van der Waals surface area contributed by atoms with E-state index in [4.69, 9.17) is 13.0 Å². The van der Waals surface area contributed by atoms with E-state index in [-0.39, 0.29) is 0 Å². The largest absolute Gasteiger partial charge is 0.522 e. The van der Waals surface area contributed by atoms with E-state index in [2.05, 4.69) is 91.9 Å². The van der Waals surface area contributed by atoms with E-state index in [0.717, 1.165) is 0 Å². The summed E-state index contributed by atoms with van der Waals surface area (Å²) in [7, 11) is -6.32. The molecule has 0 saturated carbocycles. The van der Waals surface area contributed by atoms with Gasteiger partial charge in [-0.05, 0) is 42.2 Å². The Bertz CT molecular complexity index is 1030. The Morgan fingerprint density at radius 1 is 0.706 bits per heavy atom. The molecule has 0 fully saturated rings. The van der Waals surface area contributed by atoms with Crippen LogP contribution in [-0.4, -0.2) is 18.5 Å². The molecule has 0 radical (unpaired) electrons. The molecule has 3 rings (SSSR count). The van der Waals surface area contributed by atoms with Crippen molar-refractivity contribution in [1.29, 1.82) is 0 Å². The predicted molar refractivity (Wildman–Crippen MR) is 135 cm³/mol. The molecule has 0 unspecified atom stereocenters. The van der Waals surface area contributed by atoms with Gasteiger partial charge in [-0.25, -0.2) is 0 Å². The van der Waals surface area contributed by atoms with Gasteiger partial charge in [0.15, 0.2) is 0 Å². The third-order valence-electron chi connectivity index (χ3n) is 5.08. The van der Waals surface area contributed by atoms with Crippen molar-refractivity contribution in [2.45, 2.75) is 51.0 Å². The lowest BCUT2D eigenvalue weighted by atomic mass is 10.1. The third-order valence-corrected chi connectivity index (χ3v) is 8.11. The van der Waals surface area contributed by atoms with Gasteiger partial charge >= 0.3 is 15.6 Å². The molecule has 0 saturated heterocycles. The van der Waals surface area contributed by atoms with E-state index in [9.17, 15) is 13.2 Å². The Morgan fingerprint density at radius 3 is 1.53 bits per heavy atom. The van der Waals surface area contributed by atoms with Crippen LogP contribution in [0.25, 0.3) is 0 Å². The van der Waals surface area contributed by atoms with E-state index in [0.29, 0.717) is 0 Å². The number of halogens is 3. The molecular formula is C26H30F3O3PS. The van der Waals surface area contributed by atoms with Gasteiger partial charge < -0.3 is 0 Å². The van der Waals surface area contributed by atoms with E-state index in [1.807, 2.05) is 0 Å². The standard InChI is InChI=1S/C25H29P.CHF3O3S/c1-2-3-4-5-8-13-22-18-20-25(21-19-22)26(23-14-9-6-10-15-23)24-16-11-7-12-17-24;2-1(3,4)8(5,6)7/h6-7,9-12,14-21H,2-5,8,13H2,1H3;(H,5,6,7). The first kappa shape index (κ1) is 28.0. The second kappa shape index (κ2) is 13.6. The van der Waals surface area contributed by atoms with Crippen LogP contribution in [0.2, 0.25) is 0 Å². The van der Waals surface area contributed by atoms with Gasteiger partial charge in [-0.3, -0.25) is 4.55 Å². The number of aryl methyl sites for hydroxylation is 1. The van der Waals surface area contributed by atoms with Gasteiger partial charge in [0, 0.05) is 0 Å². The third kappa shape index (κ3) is 9.21. The second-order valence-corrected chi connectivity index (χ2v) is 11.4. The summed E-state index contributed by atoms with van der Waals surface area (Å²) in [6.45, 7) is 2.27. The van der Waals surface area contributed by atoms with Crippen LogP contribution >= 0.6 is 7.92 Å². The van der Waals surface area contributed by atoms with Crippen LogP contribution in [0.4, 0.5) is 13.2 Å². The monoisotopic (exact) mass is 510 g/mol. The maximum atomic E-state index is 10.7. The van der Waals surface area contributed by atoms with Crippen LogP contribution in [0.1, 0.15) is 44.6 Å². The molecule has 0 aliphatic carbocycles. The number of hydrogen-bond acceptors (Lipinski definition) is 2. The fourth-order valence-electron chi connectivity index (χ4n) is 3.35. The highest BCUT2D eigenvalue weighted by atomic mass is 32.2. The molecule has 0 heterocycles. The number of benzene rings is 3. The van der Waals surface area contributed by atoms with Crippen LogP contribution in [0, 0.1) is 0 Å². The highest BCUT2D eigenvalue weighted by molar-refractivity contribution is 7.86. The minimum Gasteiger partial charge on any atom is -0.279 e.